The van der Waals surface area contributed by atoms with E-state index in [1.807, 2.05) is 44.3 Å². The second-order valence-corrected chi connectivity index (χ2v) is 7.45. The highest BCUT2D eigenvalue weighted by molar-refractivity contribution is 8.77. The second kappa shape index (κ2) is 4.75. The predicted molar refractivity (Wildman–Crippen MR) is 69.8 cm³/mol. The Morgan fingerprint density at radius 3 is 1.57 bits per heavy atom. The summed E-state index contributed by atoms with van der Waals surface area (Å²) in [5, 5.41) is 4.30. The molecule has 2 rings (SSSR count). The van der Waals surface area contributed by atoms with Gasteiger partial charge in [0, 0.05) is 0 Å². The summed E-state index contributed by atoms with van der Waals surface area (Å²) in [5.41, 5.74) is 2.78. The molecule has 0 radical (unpaired) electrons. The summed E-state index contributed by atoms with van der Waals surface area (Å²) in [6, 6.07) is 4.35. The van der Waals surface area contributed by atoms with E-state index in [1.54, 1.807) is 0 Å². The summed E-state index contributed by atoms with van der Waals surface area (Å²) in [5.74, 6) is 0. The molecule has 0 fully saturated rings. The first-order valence-corrected chi connectivity index (χ1v) is 8.11. The third kappa shape index (κ3) is 2.37. The molecule has 0 aromatic carbocycles. The molecule has 0 aliphatic rings. The number of hydrogen-bond acceptors (Lipinski definition) is 4. The van der Waals surface area contributed by atoms with E-state index in [-0.39, 0.29) is 0 Å². The number of aryl methyl sites for hydroxylation is 2. The van der Waals surface area contributed by atoms with E-state index >= 15 is 0 Å². The van der Waals surface area contributed by atoms with E-state index in [9.17, 15) is 0 Å². The molecule has 0 aliphatic carbocycles. The Balaban J connectivity index is 2.02. The van der Waals surface area contributed by atoms with Crippen molar-refractivity contribution < 1.29 is 0 Å². The molecule has 2 heterocycles. The molecular weight excluding hydrogens is 248 g/mol. The summed E-state index contributed by atoms with van der Waals surface area (Å²) in [7, 11) is 3.74. The van der Waals surface area contributed by atoms with Crippen LogP contribution in [0.25, 0.3) is 0 Å². The number of thiophene rings is 2. The number of hydrogen-bond donors (Lipinski definition) is 0. The SMILES string of the molecule is Cc1ccsc1SSc1sccc1C. The third-order valence-corrected chi connectivity index (χ3v) is 7.43. The predicted octanol–water partition coefficient (Wildman–Crippen LogP) is 5.23. The smallest absolute Gasteiger partial charge is 0.0739 e. The zero-order valence-corrected chi connectivity index (χ0v) is 11.2. The summed E-state index contributed by atoms with van der Waals surface area (Å²) in [4.78, 5) is 0. The minimum atomic E-state index is 1.39. The minimum Gasteiger partial charge on any atom is -0.136 e. The van der Waals surface area contributed by atoms with Gasteiger partial charge in [-0.25, -0.2) is 0 Å². The number of rotatable bonds is 3. The molecule has 0 aliphatic heterocycles. The Kier molecular flexibility index (Phi) is 3.60. The molecular formula is C10H10S4. The van der Waals surface area contributed by atoms with Crippen molar-refractivity contribution in [3.63, 3.8) is 0 Å². The van der Waals surface area contributed by atoms with Gasteiger partial charge in [0.2, 0.25) is 0 Å². The zero-order chi connectivity index (χ0) is 9.97. The molecule has 0 atom stereocenters. The first-order chi connectivity index (χ1) is 6.77. The van der Waals surface area contributed by atoms with Gasteiger partial charge in [0.1, 0.15) is 0 Å². The van der Waals surface area contributed by atoms with Crippen molar-refractivity contribution in [2.45, 2.75) is 22.3 Å². The highest BCUT2D eigenvalue weighted by atomic mass is 33.1. The molecule has 2 aromatic heterocycles. The van der Waals surface area contributed by atoms with Gasteiger partial charge in [-0.3, -0.25) is 0 Å². The van der Waals surface area contributed by atoms with Gasteiger partial charge in [0.15, 0.2) is 0 Å². The van der Waals surface area contributed by atoms with Gasteiger partial charge in [-0.1, -0.05) is 0 Å². The van der Waals surface area contributed by atoms with Crippen LogP contribution in [-0.4, -0.2) is 0 Å². The van der Waals surface area contributed by atoms with Crippen molar-refractivity contribution in [3.05, 3.63) is 34.0 Å². The molecule has 0 bridgehead atoms. The minimum absolute atomic E-state index is 1.39. The fourth-order valence-electron chi connectivity index (χ4n) is 0.964. The average molecular weight is 258 g/mol. The van der Waals surface area contributed by atoms with Crippen molar-refractivity contribution >= 4 is 44.3 Å². The van der Waals surface area contributed by atoms with E-state index < -0.39 is 0 Å². The van der Waals surface area contributed by atoms with Gasteiger partial charge in [0.25, 0.3) is 0 Å². The quantitative estimate of drug-likeness (QED) is 0.692. The van der Waals surface area contributed by atoms with Crippen LogP contribution in [0.2, 0.25) is 0 Å². The summed E-state index contributed by atoms with van der Waals surface area (Å²) >= 11 is 3.65. The van der Waals surface area contributed by atoms with Crippen molar-refractivity contribution in [3.8, 4) is 0 Å². The maximum atomic E-state index is 2.18. The second-order valence-electron chi connectivity index (χ2n) is 2.95. The molecule has 0 saturated carbocycles. The molecule has 0 unspecified atom stereocenters. The highest BCUT2D eigenvalue weighted by Crippen LogP contribution is 2.44. The van der Waals surface area contributed by atoms with Gasteiger partial charge in [-0.15, -0.1) is 22.7 Å². The van der Waals surface area contributed by atoms with Crippen LogP contribution in [0.1, 0.15) is 11.1 Å². The third-order valence-electron chi connectivity index (χ3n) is 1.82. The van der Waals surface area contributed by atoms with Crippen LogP contribution in [-0.2, 0) is 0 Å². The molecule has 14 heavy (non-hydrogen) atoms. The van der Waals surface area contributed by atoms with E-state index in [2.05, 4.69) is 36.7 Å². The Labute approximate surface area is 100 Å². The summed E-state index contributed by atoms with van der Waals surface area (Å²) < 4.78 is 2.84. The normalized spacial score (nSPS) is 10.7. The zero-order valence-electron chi connectivity index (χ0n) is 7.94. The fraction of sp³-hybridized carbons (Fsp3) is 0.200. The Hall–Kier alpha value is 0.1000. The van der Waals surface area contributed by atoms with Crippen LogP contribution in [0, 0.1) is 13.8 Å². The Morgan fingerprint density at radius 2 is 1.29 bits per heavy atom. The topological polar surface area (TPSA) is 0 Å². The standard InChI is InChI=1S/C10H10S4/c1-7-3-5-11-9(7)13-14-10-8(2)4-6-12-10/h3-6H,1-2H3. The van der Waals surface area contributed by atoms with Crippen molar-refractivity contribution in [1.82, 2.24) is 0 Å². The lowest BCUT2D eigenvalue weighted by Gasteiger charge is -1.98. The first kappa shape index (κ1) is 10.6. The van der Waals surface area contributed by atoms with Crippen LogP contribution in [0.4, 0.5) is 0 Å². The van der Waals surface area contributed by atoms with E-state index in [0.29, 0.717) is 0 Å². The lowest BCUT2D eigenvalue weighted by atomic mass is 10.4. The highest BCUT2D eigenvalue weighted by Gasteiger charge is 2.05. The molecule has 74 valence electrons. The lowest BCUT2D eigenvalue weighted by Crippen LogP contribution is -1.66. The van der Waals surface area contributed by atoms with Crippen molar-refractivity contribution in [1.29, 1.82) is 0 Å². The van der Waals surface area contributed by atoms with Gasteiger partial charge >= 0.3 is 0 Å². The fourth-order valence-corrected chi connectivity index (χ4v) is 6.02. The molecule has 0 amide bonds. The maximum absolute atomic E-state index is 2.18. The first-order valence-electron chi connectivity index (χ1n) is 4.20. The van der Waals surface area contributed by atoms with E-state index in [0.717, 1.165) is 0 Å². The van der Waals surface area contributed by atoms with Gasteiger partial charge in [0.05, 0.1) is 8.42 Å². The molecule has 0 N–H and O–H groups in total. The van der Waals surface area contributed by atoms with Gasteiger partial charge in [-0.05, 0) is 69.5 Å². The van der Waals surface area contributed by atoms with Crippen LogP contribution in [0.5, 0.6) is 0 Å². The van der Waals surface area contributed by atoms with Gasteiger partial charge in [-0.2, -0.15) is 0 Å². The molecule has 4 heteroatoms. The molecule has 0 spiro atoms. The van der Waals surface area contributed by atoms with E-state index in [1.165, 1.54) is 19.5 Å². The van der Waals surface area contributed by atoms with Gasteiger partial charge < -0.3 is 0 Å². The maximum Gasteiger partial charge on any atom is 0.0739 e. The molecule has 0 saturated heterocycles. The Bertz CT molecular complexity index is 373. The molecule has 2 aromatic rings. The van der Waals surface area contributed by atoms with Crippen LogP contribution < -0.4 is 0 Å². The monoisotopic (exact) mass is 258 g/mol. The van der Waals surface area contributed by atoms with Crippen molar-refractivity contribution in [2.24, 2.45) is 0 Å². The average Bonchev–Trinajstić information content (AvgIpc) is 2.72. The van der Waals surface area contributed by atoms with E-state index in [4.69, 9.17) is 0 Å². The van der Waals surface area contributed by atoms with Crippen molar-refractivity contribution in [2.75, 3.05) is 0 Å². The lowest BCUT2D eigenvalue weighted by molar-refractivity contribution is 1.43. The van der Waals surface area contributed by atoms with Crippen LogP contribution >= 0.6 is 44.3 Å². The summed E-state index contributed by atoms with van der Waals surface area (Å²) in [6.45, 7) is 4.33. The summed E-state index contributed by atoms with van der Waals surface area (Å²) in [6.07, 6.45) is 0. The molecule has 0 nitrogen and oxygen atoms in total. The Morgan fingerprint density at radius 1 is 0.857 bits per heavy atom. The largest absolute Gasteiger partial charge is 0.136 e. The van der Waals surface area contributed by atoms with Crippen LogP contribution in [0.3, 0.4) is 0 Å². The van der Waals surface area contributed by atoms with Crippen LogP contribution in [0.15, 0.2) is 31.3 Å².